The van der Waals surface area contributed by atoms with Crippen LogP contribution in [0.5, 0.6) is 0 Å². The van der Waals surface area contributed by atoms with Crippen molar-refractivity contribution in [2.45, 2.75) is 44.9 Å². The molecule has 2 aromatic rings. The number of aromatic nitrogens is 1. The lowest BCUT2D eigenvalue weighted by Crippen LogP contribution is -3.14. The molecule has 1 unspecified atom stereocenters. The van der Waals surface area contributed by atoms with Crippen molar-refractivity contribution in [1.29, 1.82) is 0 Å². The van der Waals surface area contributed by atoms with Crippen LogP contribution in [0.25, 0.3) is 10.2 Å². The van der Waals surface area contributed by atoms with Gasteiger partial charge in [-0.05, 0) is 31.4 Å². The summed E-state index contributed by atoms with van der Waals surface area (Å²) in [6.45, 7) is 5.74. The van der Waals surface area contributed by atoms with Gasteiger partial charge in [0.05, 0.1) is 29.2 Å². The Balaban J connectivity index is 1.53. The normalized spacial score (nSPS) is 21.0. The number of hydrogen-bond acceptors (Lipinski definition) is 3. The Morgan fingerprint density at radius 3 is 3.08 bits per heavy atom. The Bertz CT molecular complexity index is 636. The van der Waals surface area contributed by atoms with Crippen molar-refractivity contribution in [3.63, 3.8) is 0 Å². The van der Waals surface area contributed by atoms with Crippen molar-refractivity contribution >= 4 is 27.5 Å². The van der Waals surface area contributed by atoms with E-state index in [0.717, 1.165) is 31.6 Å². The van der Waals surface area contributed by atoms with E-state index >= 15 is 0 Å². The first-order chi connectivity index (χ1) is 11.8. The highest BCUT2D eigenvalue weighted by Crippen LogP contribution is 2.30. The molecule has 1 aliphatic rings. The summed E-state index contributed by atoms with van der Waals surface area (Å²) in [7, 11) is 0. The van der Waals surface area contributed by atoms with Crippen molar-refractivity contribution < 1.29 is 9.69 Å². The summed E-state index contributed by atoms with van der Waals surface area (Å²) in [6.07, 6.45) is 5.85. The quantitative estimate of drug-likeness (QED) is 0.756. The predicted octanol–water partition coefficient (Wildman–Crippen LogP) is 2.37. The number of carbonyl (C=O) groups is 1. The largest absolute Gasteiger partial charge is 0.351 e. The zero-order valence-corrected chi connectivity index (χ0v) is 15.3. The number of carbonyl (C=O) groups excluding carboxylic acids is 1. The molecule has 0 aliphatic carbocycles. The van der Waals surface area contributed by atoms with Gasteiger partial charge >= 0.3 is 0 Å². The predicted molar refractivity (Wildman–Crippen MR) is 99.7 cm³/mol. The number of thiazole rings is 1. The number of rotatable bonds is 7. The van der Waals surface area contributed by atoms with Gasteiger partial charge in [0.15, 0.2) is 6.54 Å². The minimum atomic E-state index is 0.200. The van der Waals surface area contributed by atoms with Crippen molar-refractivity contribution in [2.75, 3.05) is 26.2 Å². The molecule has 1 fully saturated rings. The van der Waals surface area contributed by atoms with Crippen LogP contribution in [-0.2, 0) is 4.79 Å². The maximum absolute atomic E-state index is 12.1. The van der Waals surface area contributed by atoms with Crippen LogP contribution in [-0.4, -0.2) is 37.1 Å². The summed E-state index contributed by atoms with van der Waals surface area (Å²) in [5.41, 5.74) is 1.11. The monoisotopic (exact) mass is 346 g/mol. The smallest absolute Gasteiger partial charge is 0.275 e. The van der Waals surface area contributed by atoms with Gasteiger partial charge in [0.1, 0.15) is 5.01 Å². The summed E-state index contributed by atoms with van der Waals surface area (Å²) >= 11 is 1.82. The molecule has 3 rings (SSSR count). The third-order valence-corrected chi connectivity index (χ3v) is 5.99. The standard InChI is InChI=1S/C19H27N3OS/c1-2-3-6-11-20-18(23)14-22-12-7-8-15(13-22)19-21-16-9-4-5-10-17(16)24-19/h4-5,9-10,15H,2-3,6-8,11-14H2,1H3,(H,20,23)/p+1/t15-/m1/s1. The number of amides is 1. The molecule has 130 valence electrons. The molecule has 1 saturated heterocycles. The van der Waals surface area contributed by atoms with Crippen LogP contribution >= 0.6 is 11.3 Å². The second-order valence-corrected chi connectivity index (χ2v) is 7.86. The fourth-order valence-corrected chi connectivity index (χ4v) is 4.58. The van der Waals surface area contributed by atoms with Crippen LogP contribution in [0.15, 0.2) is 24.3 Å². The molecule has 2 atom stereocenters. The van der Waals surface area contributed by atoms with Crippen LogP contribution in [0.1, 0.15) is 50.0 Å². The highest BCUT2D eigenvalue weighted by Gasteiger charge is 2.28. The molecule has 1 aliphatic heterocycles. The SMILES string of the molecule is CCCCCNC(=O)C[NH+]1CCC[C@@H](c2nc3ccccc3s2)C1. The van der Waals surface area contributed by atoms with Gasteiger partial charge in [0.25, 0.3) is 5.91 Å². The molecule has 4 nitrogen and oxygen atoms in total. The summed E-state index contributed by atoms with van der Waals surface area (Å²) < 4.78 is 1.27. The molecule has 24 heavy (non-hydrogen) atoms. The van der Waals surface area contributed by atoms with Gasteiger partial charge in [-0.3, -0.25) is 4.79 Å². The molecule has 0 bridgehead atoms. The number of hydrogen-bond donors (Lipinski definition) is 2. The van der Waals surface area contributed by atoms with E-state index in [0.29, 0.717) is 12.5 Å². The molecule has 2 heterocycles. The maximum atomic E-state index is 12.1. The highest BCUT2D eigenvalue weighted by atomic mass is 32.1. The number of unbranched alkanes of at least 4 members (excludes halogenated alkanes) is 2. The van der Waals surface area contributed by atoms with E-state index in [1.165, 1.54) is 40.3 Å². The van der Waals surface area contributed by atoms with E-state index in [-0.39, 0.29) is 5.91 Å². The maximum Gasteiger partial charge on any atom is 0.275 e. The third kappa shape index (κ3) is 4.54. The molecule has 0 saturated carbocycles. The molecule has 1 aromatic heterocycles. The van der Waals surface area contributed by atoms with Gasteiger partial charge in [-0.2, -0.15) is 0 Å². The summed E-state index contributed by atoms with van der Waals surface area (Å²) in [5, 5.41) is 4.32. The first-order valence-electron chi connectivity index (χ1n) is 9.22. The van der Waals surface area contributed by atoms with Crippen LogP contribution in [0, 0.1) is 0 Å². The van der Waals surface area contributed by atoms with E-state index in [2.05, 4.69) is 30.4 Å². The third-order valence-electron chi connectivity index (χ3n) is 4.79. The van der Waals surface area contributed by atoms with Crippen LogP contribution < -0.4 is 10.2 Å². The second-order valence-electron chi connectivity index (χ2n) is 6.80. The summed E-state index contributed by atoms with van der Waals surface area (Å²) in [4.78, 5) is 18.3. The molecule has 1 amide bonds. The van der Waals surface area contributed by atoms with Gasteiger partial charge in [-0.25, -0.2) is 4.98 Å². The van der Waals surface area contributed by atoms with Gasteiger partial charge in [0.2, 0.25) is 0 Å². The van der Waals surface area contributed by atoms with E-state index in [1.807, 2.05) is 17.4 Å². The fraction of sp³-hybridized carbons (Fsp3) is 0.579. The lowest BCUT2D eigenvalue weighted by molar-refractivity contribution is -0.898. The van der Waals surface area contributed by atoms with Crippen molar-refractivity contribution in [3.05, 3.63) is 29.3 Å². The molecular weight excluding hydrogens is 318 g/mol. The van der Waals surface area contributed by atoms with Gasteiger partial charge < -0.3 is 10.2 Å². The number of para-hydroxylation sites is 1. The topological polar surface area (TPSA) is 46.4 Å². The van der Waals surface area contributed by atoms with Gasteiger partial charge in [-0.15, -0.1) is 11.3 Å². The fourth-order valence-electron chi connectivity index (χ4n) is 3.48. The van der Waals surface area contributed by atoms with Crippen LogP contribution in [0.2, 0.25) is 0 Å². The molecule has 2 N–H and O–H groups in total. The summed E-state index contributed by atoms with van der Waals surface area (Å²) in [5.74, 6) is 0.699. The Morgan fingerprint density at radius 1 is 1.38 bits per heavy atom. The molecule has 5 heteroatoms. The summed E-state index contributed by atoms with van der Waals surface area (Å²) in [6, 6.07) is 8.36. The Labute approximate surface area is 148 Å². The van der Waals surface area contributed by atoms with Crippen LogP contribution in [0.4, 0.5) is 0 Å². The lowest BCUT2D eigenvalue weighted by atomic mass is 9.99. The second kappa shape index (κ2) is 8.58. The number of benzene rings is 1. The molecule has 0 radical (unpaired) electrons. The minimum absolute atomic E-state index is 0.200. The number of likely N-dealkylation sites (tertiary alicyclic amines) is 1. The average Bonchev–Trinajstić information content (AvgIpc) is 3.03. The number of nitrogens with zero attached hydrogens (tertiary/aromatic N) is 1. The lowest BCUT2D eigenvalue weighted by Gasteiger charge is -2.28. The molecule has 0 spiro atoms. The van der Waals surface area contributed by atoms with E-state index in [1.54, 1.807) is 0 Å². The van der Waals surface area contributed by atoms with Crippen LogP contribution in [0.3, 0.4) is 0 Å². The molecule has 1 aromatic carbocycles. The molecular formula is C19H28N3OS+. The van der Waals surface area contributed by atoms with Gasteiger partial charge in [-0.1, -0.05) is 31.9 Å². The highest BCUT2D eigenvalue weighted by molar-refractivity contribution is 7.18. The number of fused-ring (bicyclic) bond motifs is 1. The minimum Gasteiger partial charge on any atom is -0.351 e. The van der Waals surface area contributed by atoms with E-state index in [4.69, 9.17) is 4.98 Å². The first kappa shape index (κ1) is 17.4. The van der Waals surface area contributed by atoms with E-state index < -0.39 is 0 Å². The van der Waals surface area contributed by atoms with Crippen molar-refractivity contribution in [3.8, 4) is 0 Å². The van der Waals surface area contributed by atoms with E-state index in [9.17, 15) is 4.79 Å². The van der Waals surface area contributed by atoms with Crippen molar-refractivity contribution in [1.82, 2.24) is 10.3 Å². The zero-order valence-electron chi connectivity index (χ0n) is 14.5. The Morgan fingerprint density at radius 2 is 2.25 bits per heavy atom. The Hall–Kier alpha value is -1.46. The number of quaternary nitrogens is 1. The number of piperidine rings is 1. The first-order valence-corrected chi connectivity index (χ1v) is 10.0. The average molecular weight is 347 g/mol. The van der Waals surface area contributed by atoms with Crippen molar-refractivity contribution in [2.24, 2.45) is 0 Å². The zero-order chi connectivity index (χ0) is 16.8. The van der Waals surface area contributed by atoms with Gasteiger partial charge in [0, 0.05) is 6.54 Å². The number of nitrogens with one attached hydrogen (secondary N) is 2. The Kier molecular flexibility index (Phi) is 6.21.